The average Bonchev–Trinajstić information content (AvgIpc) is 2.31. The molecule has 0 spiro atoms. The Morgan fingerprint density at radius 3 is 2.06 bits per heavy atom. The maximum atomic E-state index is 9.77. The van der Waals surface area contributed by atoms with Gasteiger partial charge in [-0.25, -0.2) is 0 Å². The molecule has 0 unspecified atom stereocenters. The van der Waals surface area contributed by atoms with Crippen molar-refractivity contribution in [3.63, 3.8) is 0 Å². The van der Waals surface area contributed by atoms with Crippen LogP contribution in [0.3, 0.4) is 0 Å². The van der Waals surface area contributed by atoms with Crippen molar-refractivity contribution in [2.24, 2.45) is 0 Å². The third-order valence-corrected chi connectivity index (χ3v) is 2.88. The van der Waals surface area contributed by atoms with Gasteiger partial charge < -0.3 is 14.9 Å². The summed E-state index contributed by atoms with van der Waals surface area (Å²) in [4.78, 5) is 0. The molecule has 0 fully saturated rings. The quantitative estimate of drug-likeness (QED) is 0.844. The minimum absolute atomic E-state index is 0.110. The van der Waals surface area contributed by atoms with Crippen molar-refractivity contribution in [3.05, 3.63) is 47.0 Å². The van der Waals surface area contributed by atoms with E-state index in [0.717, 1.165) is 16.7 Å². The van der Waals surface area contributed by atoms with E-state index in [9.17, 15) is 10.2 Å². The summed E-state index contributed by atoms with van der Waals surface area (Å²) >= 11 is 0. The minimum Gasteiger partial charge on any atom is -0.507 e. The normalized spacial score (nSPS) is 10.4. The van der Waals surface area contributed by atoms with Crippen LogP contribution in [0.4, 0.5) is 0 Å². The number of phenols is 2. The van der Waals surface area contributed by atoms with E-state index in [1.807, 2.05) is 26.8 Å². The molecule has 18 heavy (non-hydrogen) atoms. The zero-order valence-electron chi connectivity index (χ0n) is 10.7. The summed E-state index contributed by atoms with van der Waals surface area (Å²) in [5.41, 5.74) is 2.36. The van der Waals surface area contributed by atoms with Crippen LogP contribution in [-0.2, 0) is 0 Å². The van der Waals surface area contributed by atoms with Crippen LogP contribution < -0.4 is 4.74 Å². The first-order chi connectivity index (χ1) is 8.49. The molecule has 0 aliphatic heterocycles. The van der Waals surface area contributed by atoms with Crippen LogP contribution in [-0.4, -0.2) is 10.2 Å². The Morgan fingerprint density at radius 1 is 0.889 bits per heavy atom. The van der Waals surface area contributed by atoms with Gasteiger partial charge in [0.1, 0.15) is 11.5 Å². The Balaban J connectivity index is 2.41. The average molecular weight is 244 g/mol. The standard InChI is InChI=1S/C15H16O3/c1-9-5-4-6-13(16)15(9)18-12-7-10(2)14(17)11(3)8-12/h4-8,16-17H,1-3H3. The lowest BCUT2D eigenvalue weighted by Gasteiger charge is -2.12. The van der Waals surface area contributed by atoms with Gasteiger partial charge in [-0.3, -0.25) is 0 Å². The second-order valence-electron chi connectivity index (χ2n) is 4.43. The SMILES string of the molecule is Cc1cc(Oc2c(C)cccc2O)cc(C)c1O. The second-order valence-corrected chi connectivity index (χ2v) is 4.43. The van der Waals surface area contributed by atoms with Crippen LogP contribution in [0, 0.1) is 20.8 Å². The van der Waals surface area contributed by atoms with Gasteiger partial charge in [0.25, 0.3) is 0 Å². The third kappa shape index (κ3) is 2.25. The summed E-state index contributed by atoms with van der Waals surface area (Å²) in [6.07, 6.45) is 0. The molecule has 0 atom stereocenters. The van der Waals surface area contributed by atoms with Gasteiger partial charge in [0.05, 0.1) is 0 Å². The maximum Gasteiger partial charge on any atom is 0.171 e. The van der Waals surface area contributed by atoms with Crippen molar-refractivity contribution < 1.29 is 14.9 Å². The number of ether oxygens (including phenoxy) is 1. The summed E-state index contributed by atoms with van der Waals surface area (Å²) in [5.74, 6) is 1.43. The van der Waals surface area contributed by atoms with E-state index >= 15 is 0 Å². The van der Waals surface area contributed by atoms with Crippen molar-refractivity contribution in [3.8, 4) is 23.0 Å². The van der Waals surface area contributed by atoms with Gasteiger partial charge in [-0.2, -0.15) is 0 Å². The Kier molecular flexibility index (Phi) is 3.15. The molecule has 2 rings (SSSR count). The highest BCUT2D eigenvalue weighted by Gasteiger charge is 2.09. The Hall–Kier alpha value is -2.16. The molecule has 0 aromatic heterocycles. The summed E-state index contributed by atoms with van der Waals surface area (Å²) in [5, 5.41) is 19.5. The number of hydrogen-bond acceptors (Lipinski definition) is 3. The first-order valence-electron chi connectivity index (χ1n) is 5.75. The van der Waals surface area contributed by atoms with Crippen molar-refractivity contribution >= 4 is 0 Å². The predicted molar refractivity (Wildman–Crippen MR) is 70.5 cm³/mol. The highest BCUT2D eigenvalue weighted by atomic mass is 16.5. The van der Waals surface area contributed by atoms with E-state index in [4.69, 9.17) is 4.74 Å². The van der Waals surface area contributed by atoms with Crippen molar-refractivity contribution in [2.45, 2.75) is 20.8 Å². The largest absolute Gasteiger partial charge is 0.507 e. The molecular weight excluding hydrogens is 228 g/mol. The number of aromatic hydroxyl groups is 2. The van der Waals surface area contributed by atoms with Gasteiger partial charge in [-0.1, -0.05) is 12.1 Å². The molecule has 2 aromatic carbocycles. The van der Waals surface area contributed by atoms with E-state index in [1.54, 1.807) is 24.3 Å². The molecule has 0 amide bonds. The minimum atomic E-state index is 0.110. The van der Waals surface area contributed by atoms with E-state index in [2.05, 4.69) is 0 Å². The lowest BCUT2D eigenvalue weighted by atomic mass is 10.1. The molecule has 3 nitrogen and oxygen atoms in total. The molecule has 0 bridgehead atoms. The molecule has 0 heterocycles. The number of aryl methyl sites for hydroxylation is 3. The van der Waals surface area contributed by atoms with Crippen LogP contribution >= 0.6 is 0 Å². The maximum absolute atomic E-state index is 9.77. The van der Waals surface area contributed by atoms with Crippen LogP contribution in [0.1, 0.15) is 16.7 Å². The van der Waals surface area contributed by atoms with E-state index in [0.29, 0.717) is 11.5 Å². The number of benzene rings is 2. The van der Waals surface area contributed by atoms with Gasteiger partial charge >= 0.3 is 0 Å². The number of para-hydroxylation sites is 1. The molecule has 0 aliphatic carbocycles. The molecule has 0 radical (unpaired) electrons. The first kappa shape index (κ1) is 12.3. The second kappa shape index (κ2) is 4.61. The summed E-state index contributed by atoms with van der Waals surface area (Å²) in [7, 11) is 0. The monoisotopic (exact) mass is 244 g/mol. The smallest absolute Gasteiger partial charge is 0.171 e. The van der Waals surface area contributed by atoms with Crippen LogP contribution in [0.15, 0.2) is 30.3 Å². The molecule has 2 N–H and O–H groups in total. The molecule has 3 heteroatoms. The van der Waals surface area contributed by atoms with Crippen LogP contribution in [0.2, 0.25) is 0 Å². The fourth-order valence-corrected chi connectivity index (χ4v) is 1.86. The van der Waals surface area contributed by atoms with Gasteiger partial charge in [0.2, 0.25) is 0 Å². The first-order valence-corrected chi connectivity index (χ1v) is 5.75. The summed E-state index contributed by atoms with van der Waals surface area (Å²) in [6.45, 7) is 5.50. The molecule has 0 aliphatic rings. The van der Waals surface area contributed by atoms with Crippen LogP contribution in [0.5, 0.6) is 23.0 Å². The zero-order valence-corrected chi connectivity index (χ0v) is 10.7. The number of rotatable bonds is 2. The molecular formula is C15H16O3. The third-order valence-electron chi connectivity index (χ3n) is 2.88. The highest BCUT2D eigenvalue weighted by molar-refractivity contribution is 5.50. The van der Waals surface area contributed by atoms with Crippen molar-refractivity contribution in [1.82, 2.24) is 0 Å². The van der Waals surface area contributed by atoms with Crippen molar-refractivity contribution in [2.75, 3.05) is 0 Å². The molecule has 0 saturated heterocycles. The zero-order chi connectivity index (χ0) is 13.3. The van der Waals surface area contributed by atoms with Gasteiger partial charge in [0, 0.05) is 0 Å². The molecule has 2 aromatic rings. The fourth-order valence-electron chi connectivity index (χ4n) is 1.86. The lowest BCUT2D eigenvalue weighted by Crippen LogP contribution is -1.90. The summed E-state index contributed by atoms with van der Waals surface area (Å²) < 4.78 is 5.70. The van der Waals surface area contributed by atoms with Crippen LogP contribution in [0.25, 0.3) is 0 Å². The van der Waals surface area contributed by atoms with Gasteiger partial charge in [-0.15, -0.1) is 0 Å². The number of hydrogen-bond donors (Lipinski definition) is 2. The van der Waals surface area contributed by atoms with Gasteiger partial charge in [-0.05, 0) is 55.7 Å². The predicted octanol–water partition coefficient (Wildman–Crippen LogP) is 3.82. The Bertz CT molecular complexity index is 545. The van der Waals surface area contributed by atoms with E-state index in [1.165, 1.54) is 0 Å². The fraction of sp³-hybridized carbons (Fsp3) is 0.200. The van der Waals surface area contributed by atoms with E-state index in [-0.39, 0.29) is 11.5 Å². The topological polar surface area (TPSA) is 49.7 Å². The summed E-state index contributed by atoms with van der Waals surface area (Å²) in [6, 6.07) is 8.71. The van der Waals surface area contributed by atoms with Gasteiger partial charge in [0.15, 0.2) is 11.5 Å². The number of phenolic OH excluding ortho intramolecular Hbond substituents is 2. The van der Waals surface area contributed by atoms with E-state index < -0.39 is 0 Å². The Labute approximate surface area is 106 Å². The highest BCUT2D eigenvalue weighted by Crippen LogP contribution is 2.36. The molecule has 0 saturated carbocycles. The van der Waals surface area contributed by atoms with Crippen molar-refractivity contribution in [1.29, 1.82) is 0 Å². The molecule has 94 valence electrons. The Morgan fingerprint density at radius 2 is 1.50 bits per heavy atom. The lowest BCUT2D eigenvalue weighted by molar-refractivity contribution is 0.407.